The molecular weight excluding hydrogens is 228 g/mol. The Morgan fingerprint density at radius 2 is 2.22 bits per heavy atom. The van der Waals surface area contributed by atoms with Gasteiger partial charge in [0.05, 0.1) is 5.52 Å². The summed E-state index contributed by atoms with van der Waals surface area (Å²) in [5, 5.41) is 13.1. The molecule has 2 rings (SSSR count). The van der Waals surface area contributed by atoms with Crippen LogP contribution in [0.1, 0.15) is 19.8 Å². The first-order valence-electron chi connectivity index (χ1n) is 6.08. The van der Waals surface area contributed by atoms with Crippen molar-refractivity contribution < 1.29 is 5.11 Å². The highest BCUT2D eigenvalue weighted by Gasteiger charge is 2.07. The van der Waals surface area contributed by atoms with Crippen LogP contribution in [0.5, 0.6) is 0 Å². The van der Waals surface area contributed by atoms with Gasteiger partial charge in [-0.25, -0.2) is 9.97 Å². The Kier molecular flexibility index (Phi) is 3.94. The van der Waals surface area contributed by atoms with Crippen molar-refractivity contribution in [2.75, 3.05) is 17.7 Å². The first kappa shape index (κ1) is 12.6. The van der Waals surface area contributed by atoms with E-state index < -0.39 is 0 Å². The van der Waals surface area contributed by atoms with Crippen LogP contribution in [0.4, 0.5) is 11.5 Å². The van der Waals surface area contributed by atoms with Gasteiger partial charge in [-0.2, -0.15) is 0 Å². The first-order valence-corrected chi connectivity index (χ1v) is 6.08. The van der Waals surface area contributed by atoms with Crippen molar-refractivity contribution >= 4 is 22.4 Å². The van der Waals surface area contributed by atoms with Crippen molar-refractivity contribution in [2.24, 2.45) is 0 Å². The van der Waals surface area contributed by atoms with E-state index in [1.165, 1.54) is 0 Å². The van der Waals surface area contributed by atoms with Crippen LogP contribution in [-0.4, -0.2) is 27.7 Å². The number of nitrogens with one attached hydrogen (secondary N) is 1. The van der Waals surface area contributed by atoms with Gasteiger partial charge >= 0.3 is 0 Å². The number of fused-ring (bicyclic) bond motifs is 1. The second-order valence-corrected chi connectivity index (χ2v) is 4.41. The molecule has 1 aromatic carbocycles. The predicted molar refractivity (Wildman–Crippen MR) is 73.4 cm³/mol. The molecular formula is C13H18N4O. The van der Waals surface area contributed by atoms with E-state index in [-0.39, 0.29) is 12.6 Å². The van der Waals surface area contributed by atoms with Gasteiger partial charge < -0.3 is 16.2 Å². The molecule has 0 bridgehead atoms. The second kappa shape index (κ2) is 5.64. The first-order chi connectivity index (χ1) is 8.70. The highest BCUT2D eigenvalue weighted by atomic mass is 16.2. The van der Waals surface area contributed by atoms with Crippen LogP contribution in [-0.2, 0) is 0 Å². The number of nitrogens with zero attached hydrogens (tertiary/aromatic N) is 2. The number of nitrogen functional groups attached to an aromatic ring is 1. The molecule has 0 spiro atoms. The van der Waals surface area contributed by atoms with E-state index in [0.29, 0.717) is 5.69 Å². The van der Waals surface area contributed by atoms with Gasteiger partial charge in [0.1, 0.15) is 12.1 Å². The number of benzene rings is 1. The minimum atomic E-state index is 0.212. The van der Waals surface area contributed by atoms with Crippen LogP contribution in [0, 0.1) is 0 Å². The average molecular weight is 246 g/mol. The maximum atomic E-state index is 8.82. The molecule has 96 valence electrons. The molecule has 0 aliphatic rings. The molecule has 18 heavy (non-hydrogen) atoms. The number of hydrogen-bond donors (Lipinski definition) is 3. The summed E-state index contributed by atoms with van der Waals surface area (Å²) in [5.74, 6) is 0.790. The Bertz CT molecular complexity index is 529. The molecule has 0 saturated heterocycles. The number of aliphatic hydroxyl groups excluding tert-OH is 1. The van der Waals surface area contributed by atoms with Crippen LogP contribution in [0.15, 0.2) is 24.5 Å². The van der Waals surface area contributed by atoms with Gasteiger partial charge in [0.2, 0.25) is 0 Å². The van der Waals surface area contributed by atoms with Crippen LogP contribution in [0.25, 0.3) is 10.9 Å². The molecule has 0 saturated carbocycles. The van der Waals surface area contributed by atoms with Crippen LogP contribution < -0.4 is 11.1 Å². The standard InChI is InChI=1S/C13H18N4O/c1-9(3-2-6-18)17-13-11-7-10(14)4-5-12(11)15-8-16-13/h4-5,7-9,18H,2-3,6,14H2,1H3,(H,15,16,17). The lowest BCUT2D eigenvalue weighted by molar-refractivity contribution is 0.282. The lowest BCUT2D eigenvalue weighted by Gasteiger charge is -2.15. The van der Waals surface area contributed by atoms with Crippen LogP contribution in [0.3, 0.4) is 0 Å². The summed E-state index contributed by atoms with van der Waals surface area (Å²) >= 11 is 0. The Labute approximate surface area is 106 Å². The lowest BCUT2D eigenvalue weighted by Crippen LogP contribution is -2.16. The number of aliphatic hydroxyl groups is 1. The van der Waals surface area contributed by atoms with E-state index in [9.17, 15) is 0 Å². The highest BCUT2D eigenvalue weighted by Crippen LogP contribution is 2.22. The summed E-state index contributed by atoms with van der Waals surface area (Å²) < 4.78 is 0. The van der Waals surface area contributed by atoms with Gasteiger partial charge in [-0.1, -0.05) is 0 Å². The molecule has 4 N–H and O–H groups in total. The molecule has 1 atom stereocenters. The Morgan fingerprint density at radius 1 is 1.39 bits per heavy atom. The molecule has 5 heteroatoms. The van der Waals surface area contributed by atoms with Gasteiger partial charge in [0.25, 0.3) is 0 Å². The van der Waals surface area contributed by atoms with E-state index in [4.69, 9.17) is 10.8 Å². The fourth-order valence-electron chi connectivity index (χ4n) is 1.89. The zero-order valence-electron chi connectivity index (χ0n) is 10.4. The summed E-state index contributed by atoms with van der Waals surface area (Å²) in [6, 6.07) is 5.83. The van der Waals surface area contributed by atoms with Crippen molar-refractivity contribution in [3.63, 3.8) is 0 Å². The van der Waals surface area contributed by atoms with Gasteiger partial charge in [0.15, 0.2) is 0 Å². The third-order valence-corrected chi connectivity index (χ3v) is 2.84. The zero-order valence-corrected chi connectivity index (χ0v) is 10.4. The van der Waals surface area contributed by atoms with E-state index in [1.54, 1.807) is 6.33 Å². The quantitative estimate of drug-likeness (QED) is 0.700. The van der Waals surface area contributed by atoms with Crippen molar-refractivity contribution in [1.29, 1.82) is 0 Å². The average Bonchev–Trinajstić information content (AvgIpc) is 2.37. The van der Waals surface area contributed by atoms with Crippen molar-refractivity contribution in [2.45, 2.75) is 25.8 Å². The number of anilines is 2. The molecule has 0 fully saturated rings. The maximum absolute atomic E-state index is 8.82. The van der Waals surface area contributed by atoms with Crippen molar-refractivity contribution in [1.82, 2.24) is 9.97 Å². The Morgan fingerprint density at radius 3 is 3.00 bits per heavy atom. The highest BCUT2D eigenvalue weighted by molar-refractivity contribution is 5.91. The number of rotatable bonds is 5. The number of aromatic nitrogens is 2. The topological polar surface area (TPSA) is 84.1 Å². The Balaban J connectivity index is 2.24. The SMILES string of the molecule is CC(CCCO)Nc1ncnc2ccc(N)cc12. The van der Waals surface area contributed by atoms with E-state index in [1.807, 2.05) is 18.2 Å². The monoisotopic (exact) mass is 246 g/mol. The number of hydrogen-bond acceptors (Lipinski definition) is 5. The summed E-state index contributed by atoms with van der Waals surface area (Å²) in [6.07, 6.45) is 3.21. The van der Waals surface area contributed by atoms with Crippen molar-refractivity contribution in [3.8, 4) is 0 Å². The summed E-state index contributed by atoms with van der Waals surface area (Å²) in [4.78, 5) is 8.46. The maximum Gasteiger partial charge on any atom is 0.137 e. The molecule has 1 unspecified atom stereocenters. The fraction of sp³-hybridized carbons (Fsp3) is 0.385. The van der Waals surface area contributed by atoms with Gasteiger partial charge in [-0.15, -0.1) is 0 Å². The zero-order chi connectivity index (χ0) is 13.0. The molecule has 5 nitrogen and oxygen atoms in total. The van der Waals surface area contributed by atoms with Crippen LogP contribution in [0.2, 0.25) is 0 Å². The molecule has 1 heterocycles. The van der Waals surface area contributed by atoms with Crippen molar-refractivity contribution in [3.05, 3.63) is 24.5 Å². The Hall–Kier alpha value is -1.88. The summed E-state index contributed by atoms with van der Waals surface area (Å²) in [5.41, 5.74) is 7.36. The molecule has 0 radical (unpaired) electrons. The summed E-state index contributed by atoms with van der Waals surface area (Å²) in [7, 11) is 0. The summed E-state index contributed by atoms with van der Waals surface area (Å²) in [6.45, 7) is 2.28. The molecule has 0 amide bonds. The minimum Gasteiger partial charge on any atom is -0.399 e. The minimum absolute atomic E-state index is 0.212. The molecule has 0 aliphatic carbocycles. The van der Waals surface area contributed by atoms with Gasteiger partial charge in [0, 0.05) is 23.7 Å². The van der Waals surface area contributed by atoms with Gasteiger partial charge in [-0.05, 0) is 38.0 Å². The normalized spacial score (nSPS) is 12.6. The number of nitrogens with two attached hydrogens (primary N) is 1. The smallest absolute Gasteiger partial charge is 0.137 e. The van der Waals surface area contributed by atoms with E-state index >= 15 is 0 Å². The molecule has 2 aromatic rings. The fourth-order valence-corrected chi connectivity index (χ4v) is 1.89. The van der Waals surface area contributed by atoms with E-state index in [0.717, 1.165) is 29.6 Å². The predicted octanol–water partition coefficient (Wildman–Crippen LogP) is 1.78. The molecule has 1 aromatic heterocycles. The molecule has 0 aliphatic heterocycles. The largest absolute Gasteiger partial charge is 0.399 e. The lowest BCUT2D eigenvalue weighted by atomic mass is 10.1. The third-order valence-electron chi connectivity index (χ3n) is 2.84. The van der Waals surface area contributed by atoms with E-state index in [2.05, 4.69) is 22.2 Å². The van der Waals surface area contributed by atoms with Gasteiger partial charge in [-0.3, -0.25) is 0 Å². The second-order valence-electron chi connectivity index (χ2n) is 4.41. The third kappa shape index (κ3) is 2.87. The van der Waals surface area contributed by atoms with Crippen LogP contribution >= 0.6 is 0 Å².